The first kappa shape index (κ1) is 12.0. The second kappa shape index (κ2) is 4.59. The van der Waals surface area contributed by atoms with Gasteiger partial charge in [-0.1, -0.05) is 0 Å². The number of nitrogens with zero attached hydrogens (tertiary/aromatic N) is 1. The summed E-state index contributed by atoms with van der Waals surface area (Å²) in [6, 6.07) is 7.70. The molecule has 1 unspecified atom stereocenters. The van der Waals surface area contributed by atoms with E-state index in [-0.39, 0.29) is 11.9 Å². The minimum absolute atomic E-state index is 0.0316. The Hall–Kier alpha value is -2.01. The molecule has 3 rings (SSSR count). The lowest BCUT2D eigenvalue weighted by Crippen LogP contribution is -2.47. The van der Waals surface area contributed by atoms with Crippen LogP contribution in [0.4, 0.5) is 0 Å². The van der Waals surface area contributed by atoms with Crippen LogP contribution in [0.5, 0.6) is 5.75 Å². The number of aromatic nitrogens is 1. The standard InChI is InChI=1S/C14H17N3O2/c1-17-11-8-10(19-2)4-3-9(11)7-12(17)13-14(18)16-6-5-15-13/h3-4,7-8,13,15H,5-6H2,1-2H3,(H,16,18). The summed E-state index contributed by atoms with van der Waals surface area (Å²) in [6.07, 6.45) is 0. The van der Waals surface area contributed by atoms with Crippen LogP contribution in [0.2, 0.25) is 0 Å². The molecule has 0 aliphatic carbocycles. The van der Waals surface area contributed by atoms with E-state index in [2.05, 4.69) is 16.7 Å². The van der Waals surface area contributed by atoms with Gasteiger partial charge in [0.2, 0.25) is 5.91 Å². The number of nitrogens with one attached hydrogen (secondary N) is 2. The highest BCUT2D eigenvalue weighted by Crippen LogP contribution is 2.27. The van der Waals surface area contributed by atoms with Crippen LogP contribution in [0.15, 0.2) is 24.3 Å². The van der Waals surface area contributed by atoms with Gasteiger partial charge in [-0.15, -0.1) is 0 Å². The third-order valence-corrected chi connectivity index (χ3v) is 3.62. The quantitative estimate of drug-likeness (QED) is 0.844. The van der Waals surface area contributed by atoms with E-state index < -0.39 is 0 Å². The zero-order chi connectivity index (χ0) is 13.4. The lowest BCUT2D eigenvalue weighted by molar-refractivity contribution is -0.124. The van der Waals surface area contributed by atoms with Crippen molar-refractivity contribution in [3.8, 4) is 5.75 Å². The summed E-state index contributed by atoms with van der Waals surface area (Å²) in [7, 11) is 3.63. The van der Waals surface area contributed by atoms with Gasteiger partial charge in [0.1, 0.15) is 11.8 Å². The van der Waals surface area contributed by atoms with Crippen molar-refractivity contribution in [3.63, 3.8) is 0 Å². The summed E-state index contributed by atoms with van der Waals surface area (Å²) >= 11 is 0. The van der Waals surface area contributed by atoms with Gasteiger partial charge in [0.15, 0.2) is 0 Å². The molecule has 2 heterocycles. The van der Waals surface area contributed by atoms with E-state index in [1.165, 1.54) is 0 Å². The number of piperazine rings is 1. The van der Waals surface area contributed by atoms with Crippen molar-refractivity contribution < 1.29 is 9.53 Å². The van der Waals surface area contributed by atoms with Gasteiger partial charge in [-0.2, -0.15) is 0 Å². The average Bonchev–Trinajstić information content (AvgIpc) is 2.76. The molecule has 1 aliphatic rings. The summed E-state index contributed by atoms with van der Waals surface area (Å²) in [5, 5.41) is 7.25. The maximum absolute atomic E-state index is 11.9. The summed E-state index contributed by atoms with van der Waals surface area (Å²) in [4.78, 5) is 11.9. The van der Waals surface area contributed by atoms with Gasteiger partial charge < -0.3 is 14.6 Å². The highest BCUT2D eigenvalue weighted by molar-refractivity contribution is 5.88. The molecule has 0 radical (unpaired) electrons. The number of benzene rings is 1. The van der Waals surface area contributed by atoms with E-state index in [4.69, 9.17) is 4.74 Å². The van der Waals surface area contributed by atoms with Gasteiger partial charge >= 0.3 is 0 Å². The minimum Gasteiger partial charge on any atom is -0.497 e. The van der Waals surface area contributed by atoms with Gasteiger partial charge in [-0.3, -0.25) is 10.1 Å². The van der Waals surface area contributed by atoms with Gasteiger partial charge in [-0.05, 0) is 18.2 Å². The van der Waals surface area contributed by atoms with Crippen LogP contribution in [0.25, 0.3) is 10.9 Å². The zero-order valence-corrected chi connectivity index (χ0v) is 11.1. The molecule has 1 atom stereocenters. The Kier molecular flexibility index (Phi) is 2.91. The fourth-order valence-corrected chi connectivity index (χ4v) is 2.57. The Morgan fingerprint density at radius 1 is 1.32 bits per heavy atom. The van der Waals surface area contributed by atoms with Crippen molar-refractivity contribution in [2.75, 3.05) is 20.2 Å². The maximum atomic E-state index is 11.9. The third-order valence-electron chi connectivity index (χ3n) is 3.62. The number of fused-ring (bicyclic) bond motifs is 1. The van der Waals surface area contributed by atoms with E-state index >= 15 is 0 Å². The lowest BCUT2D eigenvalue weighted by Gasteiger charge is -2.24. The van der Waals surface area contributed by atoms with Gasteiger partial charge in [0.05, 0.1) is 12.6 Å². The Morgan fingerprint density at radius 3 is 2.89 bits per heavy atom. The molecule has 1 aromatic heterocycles. The molecular formula is C14H17N3O2. The smallest absolute Gasteiger partial charge is 0.243 e. The predicted molar refractivity (Wildman–Crippen MR) is 73.2 cm³/mol. The number of carbonyl (C=O) groups is 1. The van der Waals surface area contributed by atoms with E-state index in [9.17, 15) is 4.79 Å². The van der Waals surface area contributed by atoms with Crippen molar-refractivity contribution in [3.05, 3.63) is 30.0 Å². The molecular weight excluding hydrogens is 242 g/mol. The topological polar surface area (TPSA) is 55.3 Å². The number of hydrogen-bond donors (Lipinski definition) is 2. The molecule has 0 bridgehead atoms. The maximum Gasteiger partial charge on any atom is 0.243 e. The predicted octanol–water partition coefficient (Wildman–Crippen LogP) is 0.947. The fraction of sp³-hybridized carbons (Fsp3) is 0.357. The lowest BCUT2D eigenvalue weighted by atomic mass is 10.1. The molecule has 2 aromatic rings. The molecule has 1 saturated heterocycles. The van der Waals surface area contributed by atoms with Crippen molar-refractivity contribution >= 4 is 16.8 Å². The van der Waals surface area contributed by atoms with E-state index in [0.29, 0.717) is 6.54 Å². The molecule has 1 aromatic carbocycles. The van der Waals surface area contributed by atoms with Gasteiger partial charge in [0, 0.05) is 37.3 Å². The van der Waals surface area contributed by atoms with Crippen LogP contribution in [-0.4, -0.2) is 30.7 Å². The first-order chi connectivity index (χ1) is 9.20. The van der Waals surface area contributed by atoms with E-state index in [0.717, 1.165) is 28.9 Å². The molecule has 2 N–H and O–H groups in total. The van der Waals surface area contributed by atoms with Crippen LogP contribution >= 0.6 is 0 Å². The Labute approximate surface area is 111 Å². The third kappa shape index (κ3) is 1.96. The number of amides is 1. The monoisotopic (exact) mass is 259 g/mol. The van der Waals surface area contributed by atoms with Crippen LogP contribution in [-0.2, 0) is 11.8 Å². The number of methoxy groups -OCH3 is 1. The Bertz CT molecular complexity index is 633. The minimum atomic E-state index is -0.280. The molecule has 0 spiro atoms. The van der Waals surface area contributed by atoms with Crippen molar-refractivity contribution in [1.82, 2.24) is 15.2 Å². The number of carbonyl (C=O) groups excluding carboxylic acids is 1. The van der Waals surface area contributed by atoms with Crippen LogP contribution in [0.3, 0.4) is 0 Å². The molecule has 5 heteroatoms. The highest BCUT2D eigenvalue weighted by atomic mass is 16.5. The van der Waals surface area contributed by atoms with Crippen molar-refractivity contribution in [2.24, 2.45) is 7.05 Å². The Balaban J connectivity index is 2.09. The van der Waals surface area contributed by atoms with Crippen molar-refractivity contribution in [2.45, 2.75) is 6.04 Å². The van der Waals surface area contributed by atoms with Gasteiger partial charge in [0.25, 0.3) is 0 Å². The molecule has 19 heavy (non-hydrogen) atoms. The molecule has 1 amide bonds. The van der Waals surface area contributed by atoms with Crippen molar-refractivity contribution in [1.29, 1.82) is 0 Å². The largest absolute Gasteiger partial charge is 0.497 e. The molecule has 1 fully saturated rings. The fourth-order valence-electron chi connectivity index (χ4n) is 2.57. The summed E-state index contributed by atoms with van der Waals surface area (Å²) in [5.74, 6) is 0.852. The Morgan fingerprint density at radius 2 is 2.16 bits per heavy atom. The highest BCUT2D eigenvalue weighted by Gasteiger charge is 2.26. The second-order valence-electron chi connectivity index (χ2n) is 4.73. The first-order valence-electron chi connectivity index (χ1n) is 6.35. The number of rotatable bonds is 2. The normalized spacial score (nSPS) is 19.5. The summed E-state index contributed by atoms with van der Waals surface area (Å²) in [5.41, 5.74) is 2.04. The van der Waals surface area contributed by atoms with Crippen LogP contribution in [0, 0.1) is 0 Å². The summed E-state index contributed by atoms with van der Waals surface area (Å²) in [6.45, 7) is 1.48. The second-order valence-corrected chi connectivity index (χ2v) is 4.73. The molecule has 100 valence electrons. The SMILES string of the molecule is COc1ccc2cc(C3NCCNC3=O)n(C)c2c1. The zero-order valence-electron chi connectivity index (χ0n) is 11.1. The first-order valence-corrected chi connectivity index (χ1v) is 6.35. The van der Waals surface area contributed by atoms with Gasteiger partial charge in [-0.25, -0.2) is 0 Å². The number of ether oxygens (including phenoxy) is 1. The molecule has 1 aliphatic heterocycles. The molecule has 0 saturated carbocycles. The number of aryl methyl sites for hydroxylation is 1. The van der Waals surface area contributed by atoms with Crippen LogP contribution in [0.1, 0.15) is 11.7 Å². The van der Waals surface area contributed by atoms with E-state index in [1.54, 1.807) is 7.11 Å². The number of hydrogen-bond acceptors (Lipinski definition) is 3. The van der Waals surface area contributed by atoms with Crippen LogP contribution < -0.4 is 15.4 Å². The summed E-state index contributed by atoms with van der Waals surface area (Å²) < 4.78 is 7.29. The average molecular weight is 259 g/mol. The van der Waals surface area contributed by atoms with E-state index in [1.807, 2.05) is 29.8 Å². The molecule has 5 nitrogen and oxygen atoms in total.